The van der Waals surface area contributed by atoms with Gasteiger partial charge in [-0.15, -0.1) is 0 Å². The zero-order chi connectivity index (χ0) is 44.8. The van der Waals surface area contributed by atoms with Crippen molar-refractivity contribution in [1.82, 2.24) is 21.3 Å². The molecule has 0 heterocycles. The molecule has 1 aromatic rings. The lowest BCUT2D eigenvalue weighted by atomic mass is 9.89. The normalized spacial score (nSPS) is 12.8. The molecule has 0 saturated carbocycles. The van der Waals surface area contributed by atoms with E-state index in [1.807, 2.05) is 65.0 Å². The van der Waals surface area contributed by atoms with E-state index in [9.17, 15) is 43.5 Å². The third-order valence-corrected chi connectivity index (χ3v) is 9.95. The number of unbranched alkanes of at least 4 members (excludes halogenated alkanes) is 4. The van der Waals surface area contributed by atoms with Gasteiger partial charge in [0.1, 0.15) is 6.61 Å². The first-order valence-electron chi connectivity index (χ1n) is 21.5. The lowest BCUT2D eigenvalue weighted by Crippen LogP contribution is -2.45. The van der Waals surface area contributed by atoms with Gasteiger partial charge in [-0.25, -0.2) is 0 Å². The molecule has 4 atom stereocenters. The molecule has 0 aliphatic carbocycles. The van der Waals surface area contributed by atoms with E-state index in [1.165, 1.54) is 7.05 Å². The smallest absolute Gasteiger partial charge is 0.309 e. The molecule has 0 spiro atoms. The summed E-state index contributed by atoms with van der Waals surface area (Å²) in [6, 6.07) is 8.07. The number of carboxylic acid groups (broad SMARTS) is 1. The third-order valence-electron chi connectivity index (χ3n) is 9.95. The maximum absolute atomic E-state index is 13.1. The summed E-state index contributed by atoms with van der Waals surface area (Å²) in [6.07, 6.45) is 8.21. The van der Waals surface area contributed by atoms with Crippen molar-refractivity contribution in [3.05, 3.63) is 35.9 Å². The fourth-order valence-corrected chi connectivity index (χ4v) is 6.28. The van der Waals surface area contributed by atoms with Crippen molar-refractivity contribution in [2.45, 2.75) is 163 Å². The standard InChI is InChI=1S/C26H40N2O5.C19H34N2O5.H2/c1-5-6-8-14-21(26(32)33-18-20-12-9-7-10-13-20)17-22(29)25(19(2)3)28-24(31)16-11-15-23(30)27-4;1-5-6-7-9-14(19(25)26)12-15(22)18(13(2)3)21-17(24)11-8-10-16(23)20-4;/h7,9-10,12-13,19,21,25H,5-6,8,11,14-18H2,1-4H3,(H,27,30)(H,28,31);13-14,18H,5-12H2,1-4H3,(H,20,23)(H,21,24)(H,25,26);1H/t21-,25+;14-,18+;/m11./s1. The molecule has 5 N–H and O–H groups in total. The predicted octanol–water partition coefficient (Wildman–Crippen LogP) is 6.47. The molecule has 0 fully saturated rings. The number of carboxylic acids is 1. The Morgan fingerprint density at radius 2 is 1.00 bits per heavy atom. The van der Waals surface area contributed by atoms with Gasteiger partial charge in [0.25, 0.3) is 0 Å². The molecular weight excluding hydrogens is 757 g/mol. The number of nitrogens with one attached hydrogen (secondary N) is 4. The number of benzene rings is 1. The molecule has 336 valence electrons. The number of rotatable bonds is 30. The average Bonchev–Trinajstić information content (AvgIpc) is 3.20. The van der Waals surface area contributed by atoms with E-state index in [2.05, 4.69) is 28.2 Å². The minimum atomic E-state index is -0.964. The summed E-state index contributed by atoms with van der Waals surface area (Å²) in [5.74, 6) is -4.04. The fraction of sp³-hybridized carbons (Fsp3) is 0.689. The Hall–Kier alpha value is -4.62. The maximum Gasteiger partial charge on any atom is 0.309 e. The van der Waals surface area contributed by atoms with Gasteiger partial charge in [-0.05, 0) is 43.1 Å². The molecule has 14 nitrogen and oxygen atoms in total. The van der Waals surface area contributed by atoms with Crippen molar-refractivity contribution in [3.8, 4) is 0 Å². The van der Waals surface area contributed by atoms with Gasteiger partial charge >= 0.3 is 11.9 Å². The van der Waals surface area contributed by atoms with Crippen LogP contribution in [0.25, 0.3) is 0 Å². The average molecular weight is 833 g/mol. The number of hydrogen-bond acceptors (Lipinski definition) is 9. The van der Waals surface area contributed by atoms with Crippen LogP contribution in [0.3, 0.4) is 0 Å². The van der Waals surface area contributed by atoms with Crippen LogP contribution in [-0.2, 0) is 49.7 Å². The Labute approximate surface area is 354 Å². The molecule has 14 heteroatoms. The molecule has 0 saturated heterocycles. The van der Waals surface area contributed by atoms with Gasteiger partial charge in [0.05, 0.1) is 23.9 Å². The number of amides is 4. The van der Waals surface area contributed by atoms with Crippen LogP contribution >= 0.6 is 0 Å². The Bertz CT molecular complexity index is 1440. The van der Waals surface area contributed by atoms with Gasteiger partial charge < -0.3 is 31.1 Å². The summed E-state index contributed by atoms with van der Waals surface area (Å²) in [5.41, 5.74) is 0.897. The molecule has 0 bridgehead atoms. The van der Waals surface area contributed by atoms with Crippen LogP contribution < -0.4 is 21.3 Å². The van der Waals surface area contributed by atoms with Crippen LogP contribution in [0, 0.1) is 23.7 Å². The summed E-state index contributed by atoms with van der Waals surface area (Å²) in [7, 11) is 3.09. The summed E-state index contributed by atoms with van der Waals surface area (Å²) in [5, 5.41) is 19.9. The molecule has 0 aliphatic heterocycles. The van der Waals surface area contributed by atoms with E-state index in [4.69, 9.17) is 4.74 Å². The number of carbonyl (C=O) groups is 8. The summed E-state index contributed by atoms with van der Waals surface area (Å²) >= 11 is 0. The Morgan fingerprint density at radius 3 is 1.39 bits per heavy atom. The van der Waals surface area contributed by atoms with Gasteiger partial charge in [0.2, 0.25) is 23.6 Å². The van der Waals surface area contributed by atoms with Crippen LogP contribution in [0.5, 0.6) is 0 Å². The second-order valence-electron chi connectivity index (χ2n) is 15.8. The molecule has 0 aliphatic rings. The van der Waals surface area contributed by atoms with Crippen molar-refractivity contribution in [1.29, 1.82) is 0 Å². The Kier molecular flexibility index (Phi) is 29.7. The van der Waals surface area contributed by atoms with E-state index in [0.717, 1.165) is 44.1 Å². The number of Topliss-reactive ketones (excluding diaryl/α,β-unsaturated/α-hetero) is 2. The van der Waals surface area contributed by atoms with Gasteiger partial charge in [-0.3, -0.25) is 38.4 Å². The van der Waals surface area contributed by atoms with E-state index in [1.54, 1.807) is 7.05 Å². The molecule has 0 radical (unpaired) electrons. The van der Waals surface area contributed by atoms with Crippen LogP contribution in [0.4, 0.5) is 0 Å². The van der Waals surface area contributed by atoms with E-state index < -0.39 is 29.9 Å². The van der Waals surface area contributed by atoms with Gasteiger partial charge in [0, 0.05) is 54.0 Å². The molecule has 1 aromatic carbocycles. The zero-order valence-corrected chi connectivity index (χ0v) is 37.0. The first-order chi connectivity index (χ1) is 28.0. The summed E-state index contributed by atoms with van der Waals surface area (Å²) in [4.78, 5) is 96.7. The second kappa shape index (κ2) is 32.3. The predicted molar refractivity (Wildman–Crippen MR) is 230 cm³/mol. The zero-order valence-electron chi connectivity index (χ0n) is 37.0. The maximum atomic E-state index is 13.1. The van der Waals surface area contributed by atoms with Crippen LogP contribution in [0.1, 0.15) is 151 Å². The Morgan fingerprint density at radius 1 is 0.593 bits per heavy atom. The minimum Gasteiger partial charge on any atom is -0.481 e. The SMILES string of the molecule is CCCCC[C@H](CC(=O)[C@@H](NC(=O)CCCC(=O)NC)C(C)C)C(=O)O.CCCCC[C@H](CC(=O)[C@@H](NC(=O)CCCC(=O)NC)C(C)C)C(=O)OCc1ccccc1.[HH]. The minimum absolute atomic E-state index is 0. The lowest BCUT2D eigenvalue weighted by molar-refractivity contribution is -0.152. The van der Waals surface area contributed by atoms with Crippen molar-refractivity contribution in [2.24, 2.45) is 23.7 Å². The number of hydrogen-bond donors (Lipinski definition) is 5. The lowest BCUT2D eigenvalue weighted by Gasteiger charge is -2.23. The van der Waals surface area contributed by atoms with Gasteiger partial charge in [-0.1, -0.05) is 110 Å². The van der Waals surface area contributed by atoms with Crippen molar-refractivity contribution in [3.63, 3.8) is 0 Å². The van der Waals surface area contributed by atoms with E-state index in [-0.39, 0.29) is 99.6 Å². The number of carbonyl (C=O) groups excluding carboxylic acids is 7. The first-order valence-corrected chi connectivity index (χ1v) is 21.5. The number of aliphatic carboxylic acids is 1. The third kappa shape index (κ3) is 25.5. The summed E-state index contributed by atoms with van der Waals surface area (Å²) < 4.78 is 5.51. The van der Waals surface area contributed by atoms with Crippen LogP contribution in [0.15, 0.2) is 30.3 Å². The number of ether oxygens (including phenoxy) is 1. The van der Waals surface area contributed by atoms with Crippen molar-refractivity contribution >= 4 is 47.1 Å². The summed E-state index contributed by atoms with van der Waals surface area (Å²) in [6.45, 7) is 11.7. The van der Waals surface area contributed by atoms with Crippen LogP contribution in [-0.4, -0.2) is 78.4 Å². The molecule has 0 aromatic heterocycles. The van der Waals surface area contributed by atoms with E-state index in [0.29, 0.717) is 25.7 Å². The van der Waals surface area contributed by atoms with Crippen molar-refractivity contribution < 1.29 is 49.6 Å². The Balaban J connectivity index is 0. The largest absolute Gasteiger partial charge is 0.481 e. The molecule has 0 unspecified atom stereocenters. The van der Waals surface area contributed by atoms with Gasteiger partial charge in [0.15, 0.2) is 11.6 Å². The van der Waals surface area contributed by atoms with E-state index >= 15 is 0 Å². The first kappa shape index (κ1) is 54.4. The quantitative estimate of drug-likeness (QED) is 0.0421. The second-order valence-corrected chi connectivity index (χ2v) is 15.8. The highest BCUT2D eigenvalue weighted by Gasteiger charge is 2.31. The fourth-order valence-electron chi connectivity index (χ4n) is 6.28. The highest BCUT2D eigenvalue weighted by molar-refractivity contribution is 5.92. The monoisotopic (exact) mass is 833 g/mol. The topological polar surface area (TPSA) is 214 Å². The van der Waals surface area contributed by atoms with Gasteiger partial charge in [-0.2, -0.15) is 0 Å². The molecule has 59 heavy (non-hydrogen) atoms. The van der Waals surface area contributed by atoms with Crippen LogP contribution in [0.2, 0.25) is 0 Å². The van der Waals surface area contributed by atoms with Crippen molar-refractivity contribution in [2.75, 3.05) is 14.1 Å². The number of ketones is 2. The molecule has 1 rings (SSSR count). The molecular formula is C45H76N4O10. The highest BCUT2D eigenvalue weighted by atomic mass is 16.5. The highest BCUT2D eigenvalue weighted by Crippen LogP contribution is 2.21. The molecule has 4 amide bonds. The number of esters is 1.